The van der Waals surface area contributed by atoms with Crippen molar-refractivity contribution in [1.82, 2.24) is 4.98 Å². The number of halogens is 1. The molecule has 1 aromatic carbocycles. The fraction of sp³-hybridized carbons (Fsp3) is 0.438. The van der Waals surface area contributed by atoms with E-state index < -0.39 is 6.10 Å². The van der Waals surface area contributed by atoms with E-state index in [1.54, 1.807) is 30.4 Å². The van der Waals surface area contributed by atoms with Crippen molar-refractivity contribution >= 4 is 22.9 Å². The molecule has 1 N–H and O–H groups in total. The zero-order valence-electron chi connectivity index (χ0n) is 12.7. The van der Waals surface area contributed by atoms with Gasteiger partial charge >= 0.3 is 0 Å². The van der Waals surface area contributed by atoms with Crippen LogP contribution in [0.3, 0.4) is 0 Å². The quantitative estimate of drug-likeness (QED) is 0.884. The van der Waals surface area contributed by atoms with E-state index in [2.05, 4.69) is 31.1 Å². The van der Waals surface area contributed by atoms with E-state index in [0.29, 0.717) is 17.4 Å². The number of aliphatic hydroxyl groups excluding tert-OH is 1. The van der Waals surface area contributed by atoms with E-state index in [1.807, 2.05) is 6.07 Å². The number of aromatic nitrogens is 1. The molecule has 1 aromatic heterocycles. The molecule has 0 unspecified atom stereocenters. The summed E-state index contributed by atoms with van der Waals surface area (Å²) in [7, 11) is 0. The number of thiazole rings is 1. The fourth-order valence-electron chi connectivity index (χ4n) is 1.76. The molecular weight excluding hydrogens is 306 g/mol. The molecule has 0 bridgehead atoms. The highest BCUT2D eigenvalue weighted by Gasteiger charge is 2.17. The first-order valence-corrected chi connectivity index (χ1v) is 8.08. The van der Waals surface area contributed by atoms with Gasteiger partial charge in [0.05, 0.1) is 16.8 Å². The Morgan fingerprint density at radius 1 is 1.38 bits per heavy atom. The lowest BCUT2D eigenvalue weighted by Crippen LogP contribution is -2.11. The average molecular weight is 326 g/mol. The van der Waals surface area contributed by atoms with Gasteiger partial charge in [-0.15, -0.1) is 11.3 Å². The van der Waals surface area contributed by atoms with Crippen LogP contribution in [0.25, 0.3) is 0 Å². The van der Waals surface area contributed by atoms with Gasteiger partial charge in [-0.25, -0.2) is 4.98 Å². The monoisotopic (exact) mass is 325 g/mol. The molecule has 1 heterocycles. The largest absolute Gasteiger partial charge is 0.485 e. The van der Waals surface area contributed by atoms with E-state index in [4.69, 9.17) is 16.3 Å². The number of hydrogen-bond acceptors (Lipinski definition) is 4. The van der Waals surface area contributed by atoms with Crippen molar-refractivity contribution in [3.63, 3.8) is 0 Å². The highest BCUT2D eigenvalue weighted by Crippen LogP contribution is 2.29. The molecule has 0 spiro atoms. The molecule has 5 heteroatoms. The summed E-state index contributed by atoms with van der Waals surface area (Å²) in [5.41, 5.74) is 1.89. The van der Waals surface area contributed by atoms with Crippen LogP contribution < -0.4 is 4.74 Å². The van der Waals surface area contributed by atoms with Crippen molar-refractivity contribution in [2.24, 2.45) is 0 Å². The minimum atomic E-state index is -0.537. The maximum Gasteiger partial charge on any atom is 0.140 e. The summed E-state index contributed by atoms with van der Waals surface area (Å²) < 4.78 is 5.72. The molecule has 0 aliphatic rings. The number of benzene rings is 1. The van der Waals surface area contributed by atoms with Crippen molar-refractivity contribution in [3.05, 3.63) is 44.9 Å². The summed E-state index contributed by atoms with van der Waals surface area (Å²) in [6, 6.07) is 5.32. The first-order valence-electron chi connectivity index (χ1n) is 6.82. The van der Waals surface area contributed by atoms with Gasteiger partial charge in [0.15, 0.2) is 0 Å². The SMILES string of the molecule is C[C@H](O)c1ccc(OCc2nc(C(C)(C)C)cs2)c(Cl)c1. The van der Waals surface area contributed by atoms with E-state index in [-0.39, 0.29) is 5.41 Å². The van der Waals surface area contributed by atoms with Crippen LogP contribution in [-0.2, 0) is 12.0 Å². The second-order valence-corrected chi connectivity index (χ2v) is 7.38. The summed E-state index contributed by atoms with van der Waals surface area (Å²) >= 11 is 7.75. The molecule has 0 saturated carbocycles. The molecule has 0 saturated heterocycles. The van der Waals surface area contributed by atoms with Crippen LogP contribution in [-0.4, -0.2) is 10.1 Å². The van der Waals surface area contributed by atoms with Crippen LogP contribution in [0.5, 0.6) is 5.75 Å². The molecule has 0 aliphatic carbocycles. The normalized spacial score (nSPS) is 13.2. The van der Waals surface area contributed by atoms with Gasteiger partial charge in [0.25, 0.3) is 0 Å². The van der Waals surface area contributed by atoms with Gasteiger partial charge in [-0.2, -0.15) is 0 Å². The highest BCUT2D eigenvalue weighted by atomic mass is 35.5. The first-order chi connectivity index (χ1) is 9.77. The van der Waals surface area contributed by atoms with E-state index in [1.165, 1.54) is 0 Å². The lowest BCUT2D eigenvalue weighted by Gasteiger charge is -2.14. The van der Waals surface area contributed by atoms with Crippen LogP contribution in [0.1, 0.15) is 50.1 Å². The molecule has 2 aromatic rings. The Bertz CT molecular complexity index is 617. The van der Waals surface area contributed by atoms with Gasteiger partial charge in [0.2, 0.25) is 0 Å². The zero-order chi connectivity index (χ0) is 15.6. The summed E-state index contributed by atoms with van der Waals surface area (Å²) in [5, 5.41) is 13.0. The van der Waals surface area contributed by atoms with Crippen LogP contribution >= 0.6 is 22.9 Å². The van der Waals surface area contributed by atoms with Crippen molar-refractivity contribution in [2.45, 2.75) is 45.8 Å². The summed E-state index contributed by atoms with van der Waals surface area (Å²) in [4.78, 5) is 4.58. The van der Waals surface area contributed by atoms with Crippen LogP contribution in [0.2, 0.25) is 5.02 Å². The smallest absolute Gasteiger partial charge is 0.140 e. The molecule has 1 atom stereocenters. The topological polar surface area (TPSA) is 42.4 Å². The number of aliphatic hydroxyl groups is 1. The molecule has 0 amide bonds. The molecule has 0 radical (unpaired) electrons. The minimum Gasteiger partial charge on any atom is -0.485 e. The molecule has 3 nitrogen and oxygen atoms in total. The van der Waals surface area contributed by atoms with Crippen LogP contribution in [0.4, 0.5) is 0 Å². The van der Waals surface area contributed by atoms with Gasteiger partial charge in [-0.05, 0) is 24.6 Å². The Balaban J connectivity index is 2.05. The predicted octanol–water partition coefficient (Wildman–Crippen LogP) is 4.73. The van der Waals surface area contributed by atoms with Crippen LogP contribution in [0.15, 0.2) is 23.6 Å². The number of rotatable bonds is 4. The molecular formula is C16H20ClNO2S. The third kappa shape index (κ3) is 4.19. The molecule has 2 rings (SSSR count). The van der Waals surface area contributed by atoms with Gasteiger partial charge in [0, 0.05) is 10.8 Å². The summed E-state index contributed by atoms with van der Waals surface area (Å²) in [6.45, 7) is 8.51. The van der Waals surface area contributed by atoms with Crippen molar-refractivity contribution in [2.75, 3.05) is 0 Å². The Kier molecular flexibility index (Phi) is 4.91. The van der Waals surface area contributed by atoms with Gasteiger partial charge in [0.1, 0.15) is 17.4 Å². The van der Waals surface area contributed by atoms with Crippen molar-refractivity contribution in [1.29, 1.82) is 0 Å². The number of hydrogen-bond donors (Lipinski definition) is 1. The second kappa shape index (κ2) is 6.34. The summed E-state index contributed by atoms with van der Waals surface area (Å²) in [6.07, 6.45) is -0.537. The van der Waals surface area contributed by atoms with Gasteiger partial charge < -0.3 is 9.84 Å². The van der Waals surface area contributed by atoms with Gasteiger partial charge in [-0.3, -0.25) is 0 Å². The van der Waals surface area contributed by atoms with Crippen molar-refractivity contribution in [3.8, 4) is 5.75 Å². The standard InChI is InChI=1S/C16H20ClNO2S/c1-10(19)11-5-6-13(12(17)7-11)20-8-15-18-14(9-21-15)16(2,3)4/h5-7,9-10,19H,8H2,1-4H3/t10-/m0/s1. The number of nitrogens with zero attached hydrogens (tertiary/aromatic N) is 1. The first kappa shape index (κ1) is 16.3. The maximum atomic E-state index is 9.52. The Labute approximate surface area is 134 Å². The Morgan fingerprint density at radius 3 is 2.62 bits per heavy atom. The minimum absolute atomic E-state index is 0.0469. The third-order valence-corrected chi connectivity index (χ3v) is 4.23. The van der Waals surface area contributed by atoms with Gasteiger partial charge in [-0.1, -0.05) is 38.4 Å². The molecule has 21 heavy (non-hydrogen) atoms. The van der Waals surface area contributed by atoms with E-state index in [9.17, 15) is 5.11 Å². The zero-order valence-corrected chi connectivity index (χ0v) is 14.3. The van der Waals surface area contributed by atoms with E-state index in [0.717, 1.165) is 16.3 Å². The Hall–Kier alpha value is -1.10. The number of ether oxygens (including phenoxy) is 1. The lowest BCUT2D eigenvalue weighted by molar-refractivity contribution is 0.199. The molecule has 0 aliphatic heterocycles. The lowest BCUT2D eigenvalue weighted by atomic mass is 9.93. The maximum absolute atomic E-state index is 9.52. The predicted molar refractivity (Wildman–Crippen MR) is 87.2 cm³/mol. The fourth-order valence-corrected chi connectivity index (χ4v) is 2.93. The average Bonchev–Trinajstić information content (AvgIpc) is 2.85. The van der Waals surface area contributed by atoms with E-state index >= 15 is 0 Å². The second-order valence-electron chi connectivity index (χ2n) is 6.03. The third-order valence-electron chi connectivity index (χ3n) is 3.11. The van der Waals surface area contributed by atoms with Crippen molar-refractivity contribution < 1.29 is 9.84 Å². The highest BCUT2D eigenvalue weighted by molar-refractivity contribution is 7.09. The molecule has 0 fully saturated rings. The molecule has 114 valence electrons. The Morgan fingerprint density at radius 2 is 2.10 bits per heavy atom. The summed E-state index contributed by atoms with van der Waals surface area (Å²) in [5.74, 6) is 0.605. The van der Waals surface area contributed by atoms with Crippen LogP contribution in [0, 0.1) is 0 Å².